The normalized spacial score (nSPS) is 20.7. The number of nitrogens with one attached hydrogen (secondary N) is 1. The minimum atomic E-state index is 0.197. The Labute approximate surface area is 263 Å². The summed E-state index contributed by atoms with van der Waals surface area (Å²) in [6.07, 6.45) is 10.7. The van der Waals surface area contributed by atoms with Crippen LogP contribution in [-0.4, -0.2) is 101 Å². The van der Waals surface area contributed by atoms with Crippen molar-refractivity contribution in [1.29, 1.82) is 0 Å². The van der Waals surface area contributed by atoms with Gasteiger partial charge < -0.3 is 34.5 Å². The summed E-state index contributed by atoms with van der Waals surface area (Å²) in [5.41, 5.74) is 4.07. The Morgan fingerprint density at radius 3 is 2.31 bits per heavy atom. The van der Waals surface area contributed by atoms with Gasteiger partial charge in [-0.05, 0) is 68.5 Å². The largest absolute Gasteiger partial charge is 0.507 e. The van der Waals surface area contributed by atoms with Gasteiger partial charge in [-0.25, -0.2) is 9.97 Å². The van der Waals surface area contributed by atoms with Crippen LogP contribution in [0.2, 0.25) is 0 Å². The summed E-state index contributed by atoms with van der Waals surface area (Å²) in [7, 11) is 1.86. The van der Waals surface area contributed by atoms with E-state index in [-0.39, 0.29) is 5.75 Å². The lowest BCUT2D eigenvalue weighted by Crippen LogP contribution is -2.67. The number of nitrogens with zero attached hydrogens (tertiary/aromatic N) is 9. The molecule has 12 nitrogen and oxygen atoms in total. The lowest BCUT2D eigenvalue weighted by molar-refractivity contribution is -0.0289. The third-order valence-corrected chi connectivity index (χ3v) is 10.4. The predicted molar refractivity (Wildman–Crippen MR) is 173 cm³/mol. The molecule has 2 N–H and O–H groups in total. The molecular weight excluding hydrogens is 568 g/mol. The van der Waals surface area contributed by atoms with Crippen LogP contribution in [0, 0.1) is 5.41 Å². The van der Waals surface area contributed by atoms with E-state index in [0.29, 0.717) is 22.6 Å². The molecule has 0 atom stereocenters. The minimum absolute atomic E-state index is 0.197. The van der Waals surface area contributed by atoms with Gasteiger partial charge in [0, 0.05) is 81.8 Å². The topological polar surface area (TPSA) is 123 Å². The Bertz CT molecular complexity index is 1600. The van der Waals surface area contributed by atoms with Crippen LogP contribution in [0.4, 0.5) is 23.3 Å². The lowest BCUT2D eigenvalue weighted by Gasteiger charge is -2.61. The van der Waals surface area contributed by atoms with Crippen LogP contribution < -0.4 is 20.0 Å². The summed E-state index contributed by atoms with van der Waals surface area (Å²) in [5, 5.41) is 26.3. The summed E-state index contributed by atoms with van der Waals surface area (Å²) < 4.78 is 5.01. The molecule has 3 saturated heterocycles. The van der Waals surface area contributed by atoms with Gasteiger partial charge in [0.2, 0.25) is 5.95 Å². The summed E-state index contributed by atoms with van der Waals surface area (Å²) >= 11 is 0. The molecule has 1 spiro atoms. The molecule has 4 aliphatic rings. The summed E-state index contributed by atoms with van der Waals surface area (Å²) in [6.45, 7) is 7.80. The molecule has 8 rings (SSSR count). The van der Waals surface area contributed by atoms with Crippen molar-refractivity contribution >= 4 is 23.3 Å². The van der Waals surface area contributed by atoms with E-state index < -0.39 is 0 Å². The number of para-hydroxylation sites is 1. The molecule has 1 saturated carbocycles. The van der Waals surface area contributed by atoms with Gasteiger partial charge in [-0.3, -0.25) is 0 Å². The molecule has 3 aliphatic heterocycles. The first-order valence-electron chi connectivity index (χ1n) is 16.1. The van der Waals surface area contributed by atoms with Gasteiger partial charge in [0.25, 0.3) is 0 Å². The molecule has 1 aliphatic carbocycles. The number of piperazine rings is 1. The van der Waals surface area contributed by atoms with Crippen molar-refractivity contribution < 1.29 is 9.63 Å². The highest BCUT2D eigenvalue weighted by molar-refractivity contribution is 5.75. The second kappa shape index (κ2) is 11.5. The Morgan fingerprint density at radius 1 is 0.889 bits per heavy atom. The lowest BCUT2D eigenvalue weighted by atomic mass is 9.60. The molecule has 234 valence electrons. The van der Waals surface area contributed by atoms with Crippen LogP contribution in [0.3, 0.4) is 0 Å². The number of phenolic OH excluding ortho intramolecular Hbond substituents is 1. The number of likely N-dealkylation sites (tertiary alicyclic amines) is 1. The fourth-order valence-electron chi connectivity index (χ4n) is 7.82. The van der Waals surface area contributed by atoms with Crippen LogP contribution in [0.15, 0.2) is 59.6 Å². The monoisotopic (exact) mass is 608 g/mol. The van der Waals surface area contributed by atoms with Gasteiger partial charge in [-0.2, -0.15) is 0 Å². The van der Waals surface area contributed by atoms with Crippen LogP contribution in [0.1, 0.15) is 37.2 Å². The summed E-state index contributed by atoms with van der Waals surface area (Å²) in [5.74, 6) is 3.23. The SMILES string of the molecule is CNc1nnc(-c2ccccc2O)cc1N1CCN(c2ncc(C3CCN(C4CC5(C4)CN(c4ccon4)C5)CC3)cn2)CC1. The quantitative estimate of drug-likeness (QED) is 0.317. The van der Waals surface area contributed by atoms with Gasteiger partial charge >= 0.3 is 0 Å². The van der Waals surface area contributed by atoms with E-state index in [0.717, 1.165) is 81.7 Å². The van der Waals surface area contributed by atoms with Crippen LogP contribution in [0.25, 0.3) is 11.3 Å². The molecule has 0 unspecified atom stereocenters. The zero-order chi connectivity index (χ0) is 30.4. The number of anilines is 4. The fourth-order valence-corrected chi connectivity index (χ4v) is 7.82. The van der Waals surface area contributed by atoms with E-state index in [1.807, 2.05) is 31.3 Å². The van der Waals surface area contributed by atoms with Crippen molar-refractivity contribution in [1.82, 2.24) is 30.2 Å². The van der Waals surface area contributed by atoms with Crippen molar-refractivity contribution in [2.24, 2.45) is 5.41 Å². The number of benzene rings is 1. The first-order valence-corrected chi connectivity index (χ1v) is 16.1. The van der Waals surface area contributed by atoms with Crippen molar-refractivity contribution in [2.75, 3.05) is 79.4 Å². The highest BCUT2D eigenvalue weighted by Gasteiger charge is 2.54. The average molecular weight is 609 g/mol. The van der Waals surface area contributed by atoms with Crippen molar-refractivity contribution in [3.63, 3.8) is 0 Å². The Morgan fingerprint density at radius 2 is 1.62 bits per heavy atom. The molecule has 6 heterocycles. The number of piperidine rings is 1. The number of hydrogen-bond acceptors (Lipinski definition) is 12. The summed E-state index contributed by atoms with van der Waals surface area (Å²) in [4.78, 5) is 19.3. The molecule has 12 heteroatoms. The predicted octanol–water partition coefficient (Wildman–Crippen LogP) is 3.84. The first-order chi connectivity index (χ1) is 22.1. The Balaban J connectivity index is 0.829. The highest BCUT2D eigenvalue weighted by Crippen LogP contribution is 2.51. The van der Waals surface area contributed by atoms with E-state index in [1.165, 1.54) is 31.2 Å². The Hall–Kier alpha value is -4.45. The molecule has 0 amide bonds. The van der Waals surface area contributed by atoms with E-state index in [9.17, 15) is 5.11 Å². The zero-order valence-electron chi connectivity index (χ0n) is 25.7. The van der Waals surface area contributed by atoms with E-state index >= 15 is 0 Å². The van der Waals surface area contributed by atoms with Crippen LogP contribution in [-0.2, 0) is 0 Å². The number of hydrogen-bond donors (Lipinski definition) is 2. The number of aromatic nitrogens is 5. The molecule has 4 aromatic rings. The molecule has 3 aromatic heterocycles. The maximum Gasteiger partial charge on any atom is 0.225 e. The van der Waals surface area contributed by atoms with Crippen LogP contribution >= 0.6 is 0 Å². The van der Waals surface area contributed by atoms with Gasteiger partial charge in [0.05, 0.1) is 11.4 Å². The van der Waals surface area contributed by atoms with Crippen LogP contribution in [0.5, 0.6) is 5.75 Å². The third kappa shape index (κ3) is 5.30. The standard InChI is InChI=1S/C33H40N10O2/c1-34-31-28(16-27(37-38-31)26-4-2-3-5-29(26)44)41-11-13-42(14-12-41)32-35-19-24(20-36-32)23-6-9-40(10-7-23)25-17-33(18-25)21-43(22-33)30-8-15-45-39-30/h2-5,8,15-16,19-20,23,25,44H,6-7,9-14,17-18,21-22H2,1H3,(H,34,38). The third-order valence-electron chi connectivity index (χ3n) is 10.4. The number of rotatable bonds is 7. The van der Waals surface area contributed by atoms with Crippen molar-refractivity contribution in [3.05, 3.63) is 60.6 Å². The Kier molecular flexibility index (Phi) is 7.16. The van der Waals surface area contributed by atoms with Crippen molar-refractivity contribution in [2.45, 2.75) is 37.6 Å². The van der Waals surface area contributed by atoms with Gasteiger partial charge in [0.1, 0.15) is 12.0 Å². The number of phenols is 1. The molecule has 4 fully saturated rings. The molecule has 0 radical (unpaired) electrons. The van der Waals surface area contributed by atoms with Gasteiger partial charge in [0.15, 0.2) is 11.6 Å². The second-order valence-electron chi connectivity index (χ2n) is 13.1. The minimum Gasteiger partial charge on any atom is -0.507 e. The van der Waals surface area contributed by atoms with Gasteiger partial charge in [-0.1, -0.05) is 17.3 Å². The maximum absolute atomic E-state index is 10.3. The summed E-state index contributed by atoms with van der Waals surface area (Å²) in [6, 6.07) is 11.9. The molecule has 1 aromatic carbocycles. The fraction of sp³-hybridized carbons (Fsp3) is 0.485. The molecule has 0 bridgehead atoms. The van der Waals surface area contributed by atoms with Gasteiger partial charge in [-0.15, -0.1) is 10.2 Å². The average Bonchev–Trinajstić information content (AvgIpc) is 3.59. The first kappa shape index (κ1) is 28.1. The van der Waals surface area contributed by atoms with E-state index in [2.05, 4.69) is 52.7 Å². The maximum atomic E-state index is 10.3. The smallest absolute Gasteiger partial charge is 0.225 e. The van der Waals surface area contributed by atoms with E-state index in [1.54, 1.807) is 18.4 Å². The zero-order valence-corrected chi connectivity index (χ0v) is 25.7. The number of aromatic hydroxyl groups is 1. The second-order valence-corrected chi connectivity index (χ2v) is 13.1. The van der Waals surface area contributed by atoms with Crippen molar-refractivity contribution in [3.8, 4) is 17.0 Å². The highest BCUT2D eigenvalue weighted by atomic mass is 16.5. The molecule has 45 heavy (non-hydrogen) atoms. The molecular formula is C33H40N10O2. The van der Waals surface area contributed by atoms with E-state index in [4.69, 9.17) is 14.5 Å².